The van der Waals surface area contributed by atoms with Crippen molar-refractivity contribution in [3.63, 3.8) is 0 Å². The molecular formula is C16H17N3O5. The minimum atomic E-state index is -0.624. The van der Waals surface area contributed by atoms with Crippen molar-refractivity contribution in [1.29, 1.82) is 0 Å². The van der Waals surface area contributed by atoms with Crippen molar-refractivity contribution < 1.29 is 18.4 Å². The first kappa shape index (κ1) is 14.8. The summed E-state index contributed by atoms with van der Waals surface area (Å²) in [6.45, 7) is 2.79. The van der Waals surface area contributed by atoms with Gasteiger partial charge in [0.2, 0.25) is 5.91 Å². The van der Waals surface area contributed by atoms with Crippen molar-refractivity contribution in [1.82, 2.24) is 14.8 Å². The van der Waals surface area contributed by atoms with E-state index in [1.165, 1.54) is 0 Å². The number of nitrogens with zero attached hydrogens (tertiary/aromatic N) is 2. The highest BCUT2D eigenvalue weighted by atomic mass is 16.4. The van der Waals surface area contributed by atoms with E-state index >= 15 is 0 Å². The van der Waals surface area contributed by atoms with Gasteiger partial charge in [0, 0.05) is 38.0 Å². The molecule has 2 fully saturated rings. The molecule has 8 heteroatoms. The van der Waals surface area contributed by atoms with Crippen LogP contribution in [0.15, 0.2) is 38.5 Å². The van der Waals surface area contributed by atoms with Crippen LogP contribution in [-0.4, -0.2) is 52.8 Å². The summed E-state index contributed by atoms with van der Waals surface area (Å²) in [4.78, 5) is 41.0. The molecule has 0 radical (unpaired) electrons. The molecule has 8 nitrogen and oxygen atoms in total. The minimum absolute atomic E-state index is 0.107. The summed E-state index contributed by atoms with van der Waals surface area (Å²) in [5.41, 5.74) is 1.07. The molecule has 2 aliphatic heterocycles. The Morgan fingerprint density at radius 2 is 1.83 bits per heavy atom. The first-order valence-corrected chi connectivity index (χ1v) is 7.86. The van der Waals surface area contributed by atoms with Crippen molar-refractivity contribution in [2.24, 2.45) is 11.8 Å². The van der Waals surface area contributed by atoms with Gasteiger partial charge >= 0.3 is 5.76 Å². The van der Waals surface area contributed by atoms with Crippen molar-refractivity contribution in [3.8, 4) is 0 Å². The summed E-state index contributed by atoms with van der Waals surface area (Å²) in [7, 11) is 0. The highest BCUT2D eigenvalue weighted by Gasteiger charge is 2.43. The zero-order chi connectivity index (χ0) is 16.7. The number of aromatic amines is 1. The molecule has 2 aromatic rings. The molecule has 4 rings (SSSR count). The summed E-state index contributed by atoms with van der Waals surface area (Å²) in [5, 5.41) is 0. The van der Waals surface area contributed by atoms with E-state index in [1.54, 1.807) is 23.5 Å². The molecule has 0 unspecified atom stereocenters. The number of rotatable bonds is 4. The van der Waals surface area contributed by atoms with Gasteiger partial charge in [-0.05, 0) is 11.6 Å². The first-order valence-electron chi connectivity index (χ1n) is 7.86. The lowest BCUT2D eigenvalue weighted by molar-refractivity contribution is -0.139. The fourth-order valence-electron chi connectivity index (χ4n) is 3.23. The lowest BCUT2D eigenvalue weighted by Crippen LogP contribution is -2.61. The third-order valence-electron chi connectivity index (χ3n) is 4.81. The van der Waals surface area contributed by atoms with Crippen LogP contribution in [0.3, 0.4) is 0 Å². The van der Waals surface area contributed by atoms with Gasteiger partial charge in [-0.15, -0.1) is 0 Å². The van der Waals surface area contributed by atoms with Crippen LogP contribution in [-0.2, 0) is 11.2 Å². The number of carbonyl (C=O) groups excluding carboxylic acids is 2. The standard InChI is InChI=1S/C16H17N3O5/c20-14(3-10-1-2-23-8-10)18-4-11(5-18)12-6-19(7-12)15(21)13-9-24-16(22)17-13/h1-2,8-9,11-12H,3-7H2,(H,17,22). The number of nitrogens with one attached hydrogen (secondary N) is 1. The average molecular weight is 331 g/mol. The number of likely N-dealkylation sites (tertiary alicyclic amines) is 2. The van der Waals surface area contributed by atoms with E-state index in [0.717, 1.165) is 24.9 Å². The number of hydrogen-bond acceptors (Lipinski definition) is 5. The van der Waals surface area contributed by atoms with Crippen LogP contribution in [0.2, 0.25) is 0 Å². The molecule has 0 bridgehead atoms. The van der Waals surface area contributed by atoms with Gasteiger partial charge in [0.1, 0.15) is 12.0 Å². The van der Waals surface area contributed by atoms with Crippen LogP contribution in [0.1, 0.15) is 16.1 Å². The van der Waals surface area contributed by atoms with Crippen LogP contribution >= 0.6 is 0 Å². The maximum atomic E-state index is 12.1. The van der Waals surface area contributed by atoms with Gasteiger partial charge in [0.25, 0.3) is 5.91 Å². The normalized spacial score (nSPS) is 18.3. The van der Waals surface area contributed by atoms with Crippen LogP contribution < -0.4 is 5.76 Å². The molecular weight excluding hydrogens is 314 g/mol. The summed E-state index contributed by atoms with van der Waals surface area (Å²) in [6.07, 6.45) is 4.67. The van der Waals surface area contributed by atoms with Crippen LogP contribution in [0.4, 0.5) is 0 Å². The Labute approximate surface area is 137 Å². The molecule has 126 valence electrons. The molecule has 0 atom stereocenters. The number of hydrogen-bond donors (Lipinski definition) is 1. The Bertz CT molecular complexity index is 794. The summed E-state index contributed by atoms with van der Waals surface area (Å²) in [5.74, 6) is 0.109. The quantitative estimate of drug-likeness (QED) is 0.870. The summed E-state index contributed by atoms with van der Waals surface area (Å²) >= 11 is 0. The number of furan rings is 1. The van der Waals surface area contributed by atoms with Gasteiger partial charge in [0.15, 0.2) is 0 Å². The van der Waals surface area contributed by atoms with Gasteiger partial charge in [-0.3, -0.25) is 14.6 Å². The smallest absolute Gasteiger partial charge is 0.416 e. The van der Waals surface area contributed by atoms with Crippen LogP contribution in [0.5, 0.6) is 0 Å². The number of amides is 2. The Morgan fingerprint density at radius 1 is 1.12 bits per heavy atom. The highest BCUT2D eigenvalue weighted by Crippen LogP contribution is 2.32. The molecule has 1 N–H and O–H groups in total. The zero-order valence-electron chi connectivity index (χ0n) is 12.9. The monoisotopic (exact) mass is 331 g/mol. The van der Waals surface area contributed by atoms with Gasteiger partial charge in [-0.25, -0.2) is 4.79 Å². The number of oxazole rings is 1. The fraction of sp³-hybridized carbons (Fsp3) is 0.438. The van der Waals surface area contributed by atoms with Crippen molar-refractivity contribution in [3.05, 3.63) is 46.7 Å². The van der Waals surface area contributed by atoms with E-state index < -0.39 is 5.76 Å². The number of carbonyl (C=O) groups is 2. The van der Waals surface area contributed by atoms with Crippen molar-refractivity contribution >= 4 is 11.8 Å². The molecule has 4 heterocycles. The lowest BCUT2D eigenvalue weighted by atomic mass is 9.80. The molecule has 24 heavy (non-hydrogen) atoms. The second kappa shape index (κ2) is 5.70. The Balaban J connectivity index is 1.22. The van der Waals surface area contributed by atoms with Gasteiger partial charge in [-0.2, -0.15) is 0 Å². The van der Waals surface area contributed by atoms with E-state index in [9.17, 15) is 14.4 Å². The van der Waals surface area contributed by atoms with Crippen LogP contribution in [0, 0.1) is 11.8 Å². The van der Waals surface area contributed by atoms with E-state index in [-0.39, 0.29) is 17.5 Å². The van der Waals surface area contributed by atoms with Crippen molar-refractivity contribution in [2.75, 3.05) is 26.2 Å². The molecule has 0 saturated carbocycles. The molecule has 2 aromatic heterocycles. The summed E-state index contributed by atoms with van der Waals surface area (Å²) < 4.78 is 9.55. The second-order valence-electron chi connectivity index (χ2n) is 6.40. The Hall–Kier alpha value is -2.77. The van der Waals surface area contributed by atoms with Crippen molar-refractivity contribution in [2.45, 2.75) is 6.42 Å². The van der Waals surface area contributed by atoms with E-state index in [4.69, 9.17) is 4.42 Å². The highest BCUT2D eigenvalue weighted by molar-refractivity contribution is 5.92. The molecule has 2 aliphatic rings. The van der Waals surface area contributed by atoms with Crippen LogP contribution in [0.25, 0.3) is 0 Å². The van der Waals surface area contributed by atoms with E-state index in [1.807, 2.05) is 4.90 Å². The number of H-pyrrole nitrogens is 1. The maximum absolute atomic E-state index is 12.1. The maximum Gasteiger partial charge on any atom is 0.416 e. The lowest BCUT2D eigenvalue weighted by Gasteiger charge is -2.50. The molecule has 2 saturated heterocycles. The van der Waals surface area contributed by atoms with Gasteiger partial charge in [0.05, 0.1) is 18.9 Å². The van der Waals surface area contributed by atoms with Gasteiger partial charge in [-0.1, -0.05) is 0 Å². The van der Waals surface area contributed by atoms with E-state index in [0.29, 0.717) is 31.3 Å². The number of aromatic nitrogens is 1. The van der Waals surface area contributed by atoms with E-state index in [2.05, 4.69) is 9.40 Å². The van der Waals surface area contributed by atoms with Gasteiger partial charge < -0.3 is 18.6 Å². The molecule has 0 spiro atoms. The molecule has 2 amide bonds. The minimum Gasteiger partial charge on any atom is -0.472 e. The first-order chi connectivity index (χ1) is 11.6. The molecule has 0 aromatic carbocycles. The topological polar surface area (TPSA) is 99.8 Å². The average Bonchev–Trinajstić information content (AvgIpc) is 3.10. The third kappa shape index (κ3) is 2.64. The SMILES string of the molecule is O=C(Cc1ccoc1)N1CC(C2CN(C(=O)c3coc(=O)[nH]3)C2)C1. The Morgan fingerprint density at radius 3 is 2.42 bits per heavy atom. The zero-order valence-corrected chi connectivity index (χ0v) is 12.9. The fourth-order valence-corrected chi connectivity index (χ4v) is 3.23. The largest absolute Gasteiger partial charge is 0.472 e. The summed E-state index contributed by atoms with van der Waals surface area (Å²) in [6, 6.07) is 1.80. The molecule has 0 aliphatic carbocycles. The second-order valence-corrected chi connectivity index (χ2v) is 6.40. The third-order valence-corrected chi connectivity index (χ3v) is 4.81. The Kier molecular flexibility index (Phi) is 3.51. The predicted molar refractivity (Wildman–Crippen MR) is 81.2 cm³/mol. The predicted octanol–water partition coefficient (Wildman–Crippen LogP) is 0.334.